The van der Waals surface area contributed by atoms with Gasteiger partial charge in [0.2, 0.25) is 5.91 Å². The van der Waals surface area contributed by atoms with E-state index in [1.165, 1.54) is 154 Å². The average molecular weight is 1350 g/mol. The van der Waals surface area contributed by atoms with E-state index < -0.39 is 124 Å². The van der Waals surface area contributed by atoms with Crippen LogP contribution in [0.25, 0.3) is 0 Å². The van der Waals surface area contributed by atoms with Crippen molar-refractivity contribution in [2.75, 3.05) is 26.4 Å². The number of amides is 1. The summed E-state index contributed by atoms with van der Waals surface area (Å²) in [7, 11) is 0. The Hall–Kier alpha value is -3.03. The zero-order valence-electron chi connectivity index (χ0n) is 58.4. The van der Waals surface area contributed by atoms with Gasteiger partial charge in [-0.25, -0.2) is 0 Å². The Morgan fingerprint density at radius 2 is 0.737 bits per heavy atom. The van der Waals surface area contributed by atoms with Crippen LogP contribution in [0.3, 0.4) is 0 Å². The van der Waals surface area contributed by atoms with Crippen LogP contribution in [-0.4, -0.2) is 193 Å². The minimum atomic E-state index is -1.99. The molecule has 0 bridgehead atoms. The first-order valence-corrected chi connectivity index (χ1v) is 37.3. The number of carbonyl (C=O) groups is 1. The molecule has 0 saturated carbocycles. The van der Waals surface area contributed by atoms with E-state index >= 15 is 0 Å². The molecular weight excluding hydrogens is 1210 g/mol. The van der Waals surface area contributed by atoms with Gasteiger partial charge in [0.1, 0.15) is 73.2 Å². The fraction of sp³-hybridized carbons (Fsp3) is 0.803. The smallest absolute Gasteiger partial charge is 0.220 e. The minimum absolute atomic E-state index is 0.229. The highest BCUT2D eigenvalue weighted by Crippen LogP contribution is 2.33. The van der Waals surface area contributed by atoms with Crippen molar-refractivity contribution in [3.8, 4) is 0 Å². The van der Waals surface area contributed by atoms with Crippen LogP contribution in [0.1, 0.15) is 258 Å². The van der Waals surface area contributed by atoms with Crippen molar-refractivity contribution in [2.45, 2.75) is 362 Å². The molecule has 12 N–H and O–H groups in total. The first kappa shape index (κ1) is 86.2. The molecule has 0 aromatic carbocycles. The van der Waals surface area contributed by atoms with Crippen LogP contribution in [0.15, 0.2) is 85.1 Å². The van der Waals surface area contributed by atoms with E-state index in [0.717, 1.165) is 70.6 Å². The first-order chi connectivity index (χ1) is 46.3. The van der Waals surface area contributed by atoms with Crippen molar-refractivity contribution in [1.82, 2.24) is 5.32 Å². The Bertz CT molecular complexity index is 2050. The standard InChI is InChI=1S/C76H133NO18/c1-3-5-7-9-11-13-15-17-19-21-23-25-26-27-28-29-30-31-32-34-36-38-40-42-44-46-48-50-52-54-64(82)77-59(60(81)53-51-49-47-45-43-41-39-37-35-33-24-22-20-18-16-14-12-10-8-6-4-2)58-90-74-70(88)67(85)72(62(56-79)92-74)95-76-71(89)68(86)73(63(57-80)93-76)94-75-69(87)66(84)65(83)61(55-78)91-75/h5,7,11,13,17,19,23,25,35,37,43,45,51,53,59-63,65-76,78-81,83-89H,3-4,6,8-10,12,14-16,18,20-22,24,26-34,36,38-42,44,46-50,52,54-58H2,1-2H3,(H,77,82)/b7-5-,13-11-,19-17-,25-23-,37-35+,45-43+,53-51+. The fourth-order valence-corrected chi connectivity index (χ4v) is 12.2. The molecule has 17 unspecified atom stereocenters. The molecule has 0 aromatic rings. The van der Waals surface area contributed by atoms with Gasteiger partial charge in [-0.05, 0) is 83.5 Å². The molecule has 3 aliphatic heterocycles. The topological polar surface area (TPSA) is 307 Å². The van der Waals surface area contributed by atoms with Crippen molar-refractivity contribution in [2.24, 2.45) is 0 Å². The summed E-state index contributed by atoms with van der Waals surface area (Å²) < 4.78 is 34.4. The predicted molar refractivity (Wildman–Crippen MR) is 374 cm³/mol. The fourth-order valence-electron chi connectivity index (χ4n) is 12.2. The number of aliphatic hydroxyl groups excluding tert-OH is 11. The summed E-state index contributed by atoms with van der Waals surface area (Å²) in [6, 6.07) is -1.00. The van der Waals surface area contributed by atoms with Crippen molar-refractivity contribution < 1.29 is 89.4 Å². The van der Waals surface area contributed by atoms with Gasteiger partial charge >= 0.3 is 0 Å². The molecule has 19 heteroatoms. The molecule has 95 heavy (non-hydrogen) atoms. The Morgan fingerprint density at radius 3 is 1.18 bits per heavy atom. The molecule has 0 aromatic heterocycles. The quantitative estimate of drug-likeness (QED) is 0.0199. The number of carbonyl (C=O) groups excluding carboxylic acids is 1. The van der Waals surface area contributed by atoms with Gasteiger partial charge in [0.05, 0.1) is 38.6 Å². The SMILES string of the molecule is CC/C=C\C/C=C\C/C=C\C/C=C\CCCCCCCCCCCCCCCCCCC(=O)NC(COC1OC(CO)C(OC2OC(CO)C(OC3OC(CO)C(O)C(O)C3O)C(O)C2O)C(O)C1O)C(O)/C=C/CC/C=C/CC/C=C/CCCCCCCCCCCCC. The highest BCUT2D eigenvalue weighted by atomic mass is 16.8. The van der Waals surface area contributed by atoms with Gasteiger partial charge in [-0.2, -0.15) is 0 Å². The second kappa shape index (κ2) is 56.7. The van der Waals surface area contributed by atoms with E-state index in [-0.39, 0.29) is 18.9 Å². The van der Waals surface area contributed by atoms with Crippen molar-refractivity contribution in [3.05, 3.63) is 85.1 Å². The maximum absolute atomic E-state index is 13.4. The van der Waals surface area contributed by atoms with Gasteiger partial charge in [0.15, 0.2) is 18.9 Å². The second-order valence-electron chi connectivity index (χ2n) is 26.4. The Labute approximate surface area is 571 Å². The number of ether oxygens (including phenoxy) is 6. The van der Waals surface area contributed by atoms with Gasteiger partial charge in [-0.1, -0.05) is 253 Å². The summed E-state index contributed by atoms with van der Waals surface area (Å²) in [5.41, 5.74) is 0. The molecule has 3 saturated heterocycles. The summed E-state index contributed by atoms with van der Waals surface area (Å²) >= 11 is 0. The van der Waals surface area contributed by atoms with Crippen LogP contribution in [0.5, 0.6) is 0 Å². The molecule has 17 atom stereocenters. The number of aliphatic hydroxyl groups is 11. The Morgan fingerprint density at radius 1 is 0.389 bits per heavy atom. The lowest BCUT2D eigenvalue weighted by atomic mass is 9.96. The van der Waals surface area contributed by atoms with Crippen LogP contribution >= 0.6 is 0 Å². The largest absolute Gasteiger partial charge is 0.394 e. The molecule has 0 radical (unpaired) electrons. The number of unbranched alkanes of at least 4 members (excludes halogenated alkanes) is 29. The normalized spacial score (nSPS) is 27.7. The zero-order chi connectivity index (χ0) is 68.9. The van der Waals surface area contributed by atoms with Gasteiger partial charge in [-0.3, -0.25) is 4.79 Å². The number of hydrogen-bond acceptors (Lipinski definition) is 18. The lowest BCUT2D eigenvalue weighted by molar-refractivity contribution is -0.379. The van der Waals surface area contributed by atoms with E-state index in [0.29, 0.717) is 12.8 Å². The molecule has 1 amide bonds. The molecule has 3 fully saturated rings. The molecule has 3 aliphatic rings. The van der Waals surface area contributed by atoms with E-state index in [1.54, 1.807) is 6.08 Å². The number of allylic oxidation sites excluding steroid dienone is 13. The monoisotopic (exact) mass is 1350 g/mol. The lowest BCUT2D eigenvalue weighted by Gasteiger charge is -2.48. The number of hydrogen-bond donors (Lipinski definition) is 12. The summed E-state index contributed by atoms with van der Waals surface area (Å²) in [6.07, 6.45) is 47.0. The van der Waals surface area contributed by atoms with Gasteiger partial charge in [0, 0.05) is 6.42 Å². The van der Waals surface area contributed by atoms with E-state index in [2.05, 4.69) is 92.1 Å². The number of rotatable bonds is 57. The summed E-state index contributed by atoms with van der Waals surface area (Å²) in [5.74, 6) is -0.290. The summed E-state index contributed by atoms with van der Waals surface area (Å²) in [4.78, 5) is 13.4. The van der Waals surface area contributed by atoms with E-state index in [1.807, 2.05) is 6.08 Å². The molecule has 550 valence electrons. The van der Waals surface area contributed by atoms with Gasteiger partial charge in [0.25, 0.3) is 0 Å². The predicted octanol–water partition coefficient (Wildman–Crippen LogP) is 11.1. The highest BCUT2D eigenvalue weighted by molar-refractivity contribution is 5.76. The Balaban J connectivity index is 1.41. The van der Waals surface area contributed by atoms with Crippen LogP contribution < -0.4 is 5.32 Å². The van der Waals surface area contributed by atoms with Gasteiger partial charge in [-0.15, -0.1) is 0 Å². The first-order valence-electron chi connectivity index (χ1n) is 37.3. The maximum Gasteiger partial charge on any atom is 0.220 e. The Kier molecular flexibility index (Phi) is 51.4. The highest BCUT2D eigenvalue weighted by Gasteiger charge is 2.53. The van der Waals surface area contributed by atoms with E-state index in [9.17, 15) is 61.0 Å². The van der Waals surface area contributed by atoms with Crippen LogP contribution in [0.4, 0.5) is 0 Å². The van der Waals surface area contributed by atoms with Crippen molar-refractivity contribution >= 4 is 5.91 Å². The van der Waals surface area contributed by atoms with Crippen molar-refractivity contribution in [1.29, 1.82) is 0 Å². The lowest BCUT2D eigenvalue weighted by Crippen LogP contribution is -2.66. The molecule has 19 nitrogen and oxygen atoms in total. The minimum Gasteiger partial charge on any atom is -0.394 e. The van der Waals surface area contributed by atoms with Gasteiger partial charge < -0.3 is 89.9 Å². The second-order valence-corrected chi connectivity index (χ2v) is 26.4. The van der Waals surface area contributed by atoms with Crippen molar-refractivity contribution in [3.63, 3.8) is 0 Å². The number of nitrogens with one attached hydrogen (secondary N) is 1. The maximum atomic E-state index is 13.4. The summed E-state index contributed by atoms with van der Waals surface area (Å²) in [5, 5.41) is 121. The third kappa shape index (κ3) is 37.8. The van der Waals surface area contributed by atoms with Crippen LogP contribution in [0.2, 0.25) is 0 Å². The zero-order valence-corrected chi connectivity index (χ0v) is 58.4. The van der Waals surface area contributed by atoms with Crippen LogP contribution in [0, 0.1) is 0 Å². The molecular formula is C76H133NO18. The van der Waals surface area contributed by atoms with E-state index in [4.69, 9.17) is 28.4 Å². The third-order valence-corrected chi connectivity index (χ3v) is 18.2. The molecule has 3 rings (SSSR count). The summed E-state index contributed by atoms with van der Waals surface area (Å²) in [6.45, 7) is 1.61. The average Bonchev–Trinajstić information content (AvgIpc) is 0.786. The molecule has 0 spiro atoms. The third-order valence-electron chi connectivity index (χ3n) is 18.2. The molecule has 3 heterocycles. The van der Waals surface area contributed by atoms with Crippen LogP contribution in [-0.2, 0) is 33.2 Å². The molecule has 0 aliphatic carbocycles.